The van der Waals surface area contributed by atoms with Gasteiger partial charge in [0.1, 0.15) is 0 Å². The Morgan fingerprint density at radius 3 is 2.43 bits per heavy atom. The highest BCUT2D eigenvalue weighted by atomic mass is 16.3. The van der Waals surface area contributed by atoms with Crippen LogP contribution in [0.3, 0.4) is 0 Å². The maximum Gasteiger partial charge on any atom is 0.0798 e. The van der Waals surface area contributed by atoms with Crippen LogP contribution in [0.2, 0.25) is 0 Å². The standard InChI is InChI=1S/C20H28O/c1-3-4-5-6-7-8-13-19(21)20-16(2)14-15-17-11-9-10-12-18(17)20/h9-12,14-15,19,21H,3-8,13H2,1-2H3. The largest absolute Gasteiger partial charge is 0.388 e. The van der Waals surface area contributed by atoms with Crippen LogP contribution in [0.4, 0.5) is 0 Å². The van der Waals surface area contributed by atoms with Crippen LogP contribution in [-0.2, 0) is 0 Å². The van der Waals surface area contributed by atoms with Gasteiger partial charge in [0, 0.05) is 0 Å². The number of benzene rings is 2. The molecule has 0 saturated carbocycles. The van der Waals surface area contributed by atoms with Crippen LogP contribution in [0.25, 0.3) is 10.8 Å². The molecule has 0 aliphatic rings. The first-order chi connectivity index (χ1) is 10.2. The van der Waals surface area contributed by atoms with Crippen molar-refractivity contribution in [1.82, 2.24) is 0 Å². The van der Waals surface area contributed by atoms with Gasteiger partial charge in [-0.1, -0.05) is 81.8 Å². The predicted octanol–water partition coefficient (Wildman–Crippen LogP) is 5.93. The summed E-state index contributed by atoms with van der Waals surface area (Å²) in [6, 6.07) is 12.6. The molecular formula is C20H28O. The SMILES string of the molecule is CCCCCCCCC(O)c1c(C)ccc2ccccc12. The molecule has 2 aromatic carbocycles. The third kappa shape index (κ3) is 4.31. The van der Waals surface area contributed by atoms with E-state index in [1.807, 2.05) is 0 Å². The maximum absolute atomic E-state index is 10.6. The van der Waals surface area contributed by atoms with Crippen LogP contribution >= 0.6 is 0 Å². The first kappa shape index (κ1) is 16.0. The fraction of sp³-hybridized carbons (Fsp3) is 0.500. The van der Waals surface area contributed by atoms with Gasteiger partial charge in [0.2, 0.25) is 0 Å². The van der Waals surface area contributed by atoms with E-state index in [0.29, 0.717) is 0 Å². The fourth-order valence-electron chi connectivity index (χ4n) is 3.11. The molecule has 114 valence electrons. The van der Waals surface area contributed by atoms with Gasteiger partial charge in [0.15, 0.2) is 0 Å². The Bertz CT molecular complexity index is 559. The molecule has 0 aliphatic carbocycles. The number of aliphatic hydroxyl groups excluding tert-OH is 1. The minimum Gasteiger partial charge on any atom is -0.388 e. The minimum atomic E-state index is -0.331. The monoisotopic (exact) mass is 284 g/mol. The van der Waals surface area contributed by atoms with Gasteiger partial charge in [-0.2, -0.15) is 0 Å². The molecule has 0 radical (unpaired) electrons. The summed E-state index contributed by atoms with van der Waals surface area (Å²) in [5, 5.41) is 13.0. The molecular weight excluding hydrogens is 256 g/mol. The highest BCUT2D eigenvalue weighted by molar-refractivity contribution is 5.87. The fourth-order valence-corrected chi connectivity index (χ4v) is 3.11. The van der Waals surface area contributed by atoms with E-state index >= 15 is 0 Å². The van der Waals surface area contributed by atoms with E-state index in [0.717, 1.165) is 18.4 Å². The first-order valence-electron chi connectivity index (χ1n) is 8.40. The Kier molecular flexibility index (Phi) is 6.25. The van der Waals surface area contributed by atoms with Gasteiger partial charge in [0.05, 0.1) is 6.10 Å². The average Bonchev–Trinajstić information content (AvgIpc) is 2.50. The van der Waals surface area contributed by atoms with Crippen molar-refractivity contribution < 1.29 is 5.11 Å². The molecule has 1 unspecified atom stereocenters. The van der Waals surface area contributed by atoms with Gasteiger partial charge in [-0.3, -0.25) is 0 Å². The number of hydrogen-bond donors (Lipinski definition) is 1. The van der Waals surface area contributed by atoms with E-state index in [1.54, 1.807) is 0 Å². The molecule has 0 aliphatic heterocycles. The molecule has 0 amide bonds. The smallest absolute Gasteiger partial charge is 0.0798 e. The number of unbranched alkanes of at least 4 members (excludes halogenated alkanes) is 5. The van der Waals surface area contributed by atoms with Crippen LogP contribution in [0.15, 0.2) is 36.4 Å². The number of rotatable bonds is 8. The average molecular weight is 284 g/mol. The van der Waals surface area contributed by atoms with Gasteiger partial charge in [-0.15, -0.1) is 0 Å². The van der Waals surface area contributed by atoms with Gasteiger partial charge >= 0.3 is 0 Å². The van der Waals surface area contributed by atoms with Crippen LogP contribution < -0.4 is 0 Å². The Balaban J connectivity index is 1.99. The Hall–Kier alpha value is -1.34. The third-order valence-corrected chi connectivity index (χ3v) is 4.35. The molecule has 0 aromatic heterocycles. The number of fused-ring (bicyclic) bond motifs is 1. The molecule has 1 N–H and O–H groups in total. The van der Waals surface area contributed by atoms with Gasteiger partial charge in [-0.25, -0.2) is 0 Å². The Morgan fingerprint density at radius 2 is 1.62 bits per heavy atom. The number of aliphatic hydroxyl groups is 1. The lowest BCUT2D eigenvalue weighted by Crippen LogP contribution is -2.01. The van der Waals surface area contributed by atoms with Gasteiger partial charge in [0.25, 0.3) is 0 Å². The molecule has 1 heteroatoms. The lowest BCUT2D eigenvalue weighted by atomic mass is 9.93. The van der Waals surface area contributed by atoms with Crippen molar-refractivity contribution in [1.29, 1.82) is 0 Å². The molecule has 0 fully saturated rings. The normalized spacial score (nSPS) is 12.7. The molecule has 1 atom stereocenters. The highest BCUT2D eigenvalue weighted by Crippen LogP contribution is 2.30. The number of aryl methyl sites for hydroxylation is 1. The van der Waals surface area contributed by atoms with Crippen LogP contribution in [-0.4, -0.2) is 5.11 Å². The highest BCUT2D eigenvalue weighted by Gasteiger charge is 2.13. The molecule has 21 heavy (non-hydrogen) atoms. The first-order valence-corrected chi connectivity index (χ1v) is 8.40. The lowest BCUT2D eigenvalue weighted by Gasteiger charge is -2.16. The maximum atomic E-state index is 10.6. The zero-order valence-electron chi connectivity index (χ0n) is 13.4. The molecule has 2 aromatic rings. The van der Waals surface area contributed by atoms with Crippen LogP contribution in [0, 0.1) is 6.92 Å². The molecule has 0 bridgehead atoms. The molecule has 1 nitrogen and oxygen atoms in total. The van der Waals surface area contributed by atoms with E-state index in [2.05, 4.69) is 50.2 Å². The summed E-state index contributed by atoms with van der Waals surface area (Å²) in [5.74, 6) is 0. The van der Waals surface area contributed by atoms with Crippen molar-refractivity contribution in [2.45, 2.75) is 64.9 Å². The van der Waals surface area contributed by atoms with Crippen molar-refractivity contribution in [3.8, 4) is 0 Å². The zero-order valence-corrected chi connectivity index (χ0v) is 13.4. The van der Waals surface area contributed by atoms with Crippen LogP contribution in [0.5, 0.6) is 0 Å². The van der Waals surface area contributed by atoms with E-state index in [9.17, 15) is 5.11 Å². The lowest BCUT2D eigenvalue weighted by molar-refractivity contribution is 0.164. The molecule has 0 spiro atoms. The quantitative estimate of drug-likeness (QED) is 0.595. The summed E-state index contributed by atoms with van der Waals surface area (Å²) in [7, 11) is 0. The second-order valence-electron chi connectivity index (χ2n) is 6.09. The van der Waals surface area contributed by atoms with Crippen molar-refractivity contribution in [3.63, 3.8) is 0 Å². The second-order valence-corrected chi connectivity index (χ2v) is 6.09. The summed E-state index contributed by atoms with van der Waals surface area (Å²) in [4.78, 5) is 0. The van der Waals surface area contributed by atoms with E-state index in [1.165, 1.54) is 48.4 Å². The van der Waals surface area contributed by atoms with Crippen LogP contribution in [0.1, 0.15) is 69.1 Å². The Morgan fingerprint density at radius 1 is 0.905 bits per heavy atom. The van der Waals surface area contributed by atoms with Crippen molar-refractivity contribution >= 4 is 10.8 Å². The molecule has 0 saturated heterocycles. The second kappa shape index (κ2) is 8.19. The third-order valence-electron chi connectivity index (χ3n) is 4.35. The predicted molar refractivity (Wildman–Crippen MR) is 91.6 cm³/mol. The van der Waals surface area contributed by atoms with Crippen molar-refractivity contribution in [2.75, 3.05) is 0 Å². The summed E-state index contributed by atoms with van der Waals surface area (Å²) in [6.45, 7) is 4.35. The van der Waals surface area contributed by atoms with Gasteiger partial charge in [-0.05, 0) is 35.2 Å². The Labute approximate surface area is 129 Å². The van der Waals surface area contributed by atoms with Crippen molar-refractivity contribution in [3.05, 3.63) is 47.5 Å². The summed E-state index contributed by atoms with van der Waals surface area (Å²) in [5.41, 5.74) is 2.33. The van der Waals surface area contributed by atoms with Gasteiger partial charge < -0.3 is 5.11 Å². The van der Waals surface area contributed by atoms with E-state index < -0.39 is 0 Å². The van der Waals surface area contributed by atoms with Crippen molar-refractivity contribution in [2.24, 2.45) is 0 Å². The van der Waals surface area contributed by atoms with E-state index in [4.69, 9.17) is 0 Å². The zero-order chi connectivity index (χ0) is 15.1. The summed E-state index contributed by atoms with van der Waals surface area (Å²) < 4.78 is 0. The molecule has 2 rings (SSSR count). The topological polar surface area (TPSA) is 20.2 Å². The van der Waals surface area contributed by atoms with E-state index in [-0.39, 0.29) is 6.10 Å². The number of hydrogen-bond acceptors (Lipinski definition) is 1. The molecule has 0 heterocycles. The minimum absolute atomic E-state index is 0.331. The summed E-state index contributed by atoms with van der Waals surface area (Å²) >= 11 is 0. The summed E-state index contributed by atoms with van der Waals surface area (Å²) in [6.07, 6.45) is 8.16.